The summed E-state index contributed by atoms with van der Waals surface area (Å²) in [7, 11) is 0. The minimum absolute atomic E-state index is 0. The van der Waals surface area contributed by atoms with Gasteiger partial charge in [0.15, 0.2) is 0 Å². The number of piperazine rings is 1. The lowest BCUT2D eigenvalue weighted by atomic mass is 10.1. The molecule has 5 heteroatoms. The van der Waals surface area contributed by atoms with Gasteiger partial charge in [0.1, 0.15) is 5.75 Å². The summed E-state index contributed by atoms with van der Waals surface area (Å²) in [5, 5.41) is 3.34. The third-order valence-corrected chi connectivity index (χ3v) is 3.67. The number of hydrogen-bond acceptors (Lipinski definition) is 3. The SMILES string of the molecule is CCC(C)Oc1ccc(C(=O)N2CCNC(C)C2)cc1.Cl. The molecular weight excluding hydrogens is 288 g/mol. The molecule has 1 aromatic rings. The standard InChI is InChI=1S/C16H24N2O2.ClH/c1-4-13(3)20-15-7-5-14(6-8-15)16(19)18-10-9-17-12(2)11-18;/h5-8,12-13,17H,4,9-11H2,1-3H3;1H. The van der Waals surface area contributed by atoms with Crippen molar-refractivity contribution in [3.05, 3.63) is 29.8 Å². The van der Waals surface area contributed by atoms with Crippen molar-refractivity contribution >= 4 is 18.3 Å². The lowest BCUT2D eigenvalue weighted by Crippen LogP contribution is -2.51. The Balaban J connectivity index is 0.00000220. The van der Waals surface area contributed by atoms with Gasteiger partial charge in [0.25, 0.3) is 5.91 Å². The number of carbonyl (C=O) groups excluding carboxylic acids is 1. The van der Waals surface area contributed by atoms with E-state index < -0.39 is 0 Å². The van der Waals surface area contributed by atoms with E-state index in [0.717, 1.165) is 37.4 Å². The number of benzene rings is 1. The average molecular weight is 313 g/mol. The summed E-state index contributed by atoms with van der Waals surface area (Å²) in [6, 6.07) is 7.83. The van der Waals surface area contributed by atoms with Crippen LogP contribution in [0, 0.1) is 0 Å². The average Bonchev–Trinajstić information content (AvgIpc) is 2.47. The Hall–Kier alpha value is -1.26. The Morgan fingerprint density at radius 2 is 2.10 bits per heavy atom. The first-order valence-corrected chi connectivity index (χ1v) is 7.39. The lowest BCUT2D eigenvalue weighted by molar-refractivity contribution is 0.0709. The third-order valence-electron chi connectivity index (χ3n) is 3.67. The molecule has 0 aromatic heterocycles. The van der Waals surface area contributed by atoms with Crippen LogP contribution < -0.4 is 10.1 Å². The fourth-order valence-corrected chi connectivity index (χ4v) is 2.29. The molecule has 1 N–H and O–H groups in total. The van der Waals surface area contributed by atoms with Crippen LogP contribution in [0.1, 0.15) is 37.6 Å². The summed E-state index contributed by atoms with van der Waals surface area (Å²) < 4.78 is 5.73. The maximum atomic E-state index is 12.4. The summed E-state index contributed by atoms with van der Waals surface area (Å²) in [5.74, 6) is 0.929. The number of nitrogens with one attached hydrogen (secondary N) is 1. The summed E-state index contributed by atoms with van der Waals surface area (Å²) in [6.45, 7) is 8.64. The molecule has 1 aliphatic heterocycles. The third kappa shape index (κ3) is 4.90. The Labute approximate surface area is 133 Å². The summed E-state index contributed by atoms with van der Waals surface area (Å²) in [6.07, 6.45) is 1.17. The molecule has 1 aliphatic rings. The van der Waals surface area contributed by atoms with Crippen molar-refractivity contribution in [1.82, 2.24) is 10.2 Å². The molecule has 118 valence electrons. The number of amides is 1. The second kappa shape index (κ2) is 8.25. The monoisotopic (exact) mass is 312 g/mol. The van der Waals surface area contributed by atoms with Crippen LogP contribution in [0.4, 0.5) is 0 Å². The maximum Gasteiger partial charge on any atom is 0.253 e. The van der Waals surface area contributed by atoms with E-state index in [4.69, 9.17) is 4.74 Å². The first kappa shape index (κ1) is 17.8. The summed E-state index contributed by atoms with van der Waals surface area (Å²) in [4.78, 5) is 14.3. The van der Waals surface area contributed by atoms with Gasteiger partial charge < -0.3 is 15.0 Å². The molecule has 0 saturated carbocycles. The van der Waals surface area contributed by atoms with Crippen LogP contribution in [0.15, 0.2) is 24.3 Å². The predicted molar refractivity (Wildman–Crippen MR) is 87.4 cm³/mol. The molecule has 21 heavy (non-hydrogen) atoms. The molecule has 0 radical (unpaired) electrons. The van der Waals surface area contributed by atoms with Crippen molar-refractivity contribution in [3.8, 4) is 5.75 Å². The Morgan fingerprint density at radius 1 is 1.43 bits per heavy atom. The van der Waals surface area contributed by atoms with Crippen molar-refractivity contribution in [1.29, 1.82) is 0 Å². The molecule has 1 heterocycles. The van der Waals surface area contributed by atoms with Crippen LogP contribution in [-0.4, -0.2) is 42.6 Å². The molecule has 0 bridgehead atoms. The fourth-order valence-electron chi connectivity index (χ4n) is 2.29. The molecule has 2 unspecified atom stereocenters. The summed E-state index contributed by atoms with van der Waals surface area (Å²) >= 11 is 0. The van der Waals surface area contributed by atoms with Crippen molar-refractivity contribution in [2.24, 2.45) is 0 Å². The van der Waals surface area contributed by atoms with E-state index in [1.54, 1.807) is 0 Å². The molecule has 0 aliphatic carbocycles. The highest BCUT2D eigenvalue weighted by Crippen LogP contribution is 2.16. The van der Waals surface area contributed by atoms with Crippen LogP contribution in [0.3, 0.4) is 0 Å². The van der Waals surface area contributed by atoms with Gasteiger partial charge in [-0.25, -0.2) is 0 Å². The van der Waals surface area contributed by atoms with Crippen LogP contribution in [0.2, 0.25) is 0 Å². The van der Waals surface area contributed by atoms with E-state index in [-0.39, 0.29) is 24.4 Å². The van der Waals surface area contributed by atoms with Gasteiger partial charge in [-0.2, -0.15) is 0 Å². The van der Waals surface area contributed by atoms with Crippen molar-refractivity contribution < 1.29 is 9.53 Å². The Morgan fingerprint density at radius 3 is 2.67 bits per heavy atom. The zero-order valence-corrected chi connectivity index (χ0v) is 13.8. The number of ether oxygens (including phenoxy) is 1. The van der Waals surface area contributed by atoms with E-state index in [2.05, 4.69) is 19.2 Å². The van der Waals surface area contributed by atoms with Crippen LogP contribution >= 0.6 is 12.4 Å². The zero-order chi connectivity index (χ0) is 14.5. The van der Waals surface area contributed by atoms with Gasteiger partial charge in [0.05, 0.1) is 6.10 Å². The number of rotatable bonds is 4. The van der Waals surface area contributed by atoms with Gasteiger partial charge in [-0.3, -0.25) is 4.79 Å². The highest BCUT2D eigenvalue weighted by Gasteiger charge is 2.21. The molecule has 1 amide bonds. The smallest absolute Gasteiger partial charge is 0.253 e. The van der Waals surface area contributed by atoms with E-state index >= 15 is 0 Å². The predicted octanol–water partition coefficient (Wildman–Crippen LogP) is 2.72. The minimum atomic E-state index is 0. The molecule has 2 atom stereocenters. The van der Waals surface area contributed by atoms with E-state index in [9.17, 15) is 4.79 Å². The van der Waals surface area contributed by atoms with Crippen LogP contribution in [0.25, 0.3) is 0 Å². The van der Waals surface area contributed by atoms with Gasteiger partial charge in [0, 0.05) is 31.2 Å². The first-order valence-electron chi connectivity index (χ1n) is 7.39. The molecular formula is C16H25ClN2O2. The largest absolute Gasteiger partial charge is 0.491 e. The normalized spacial score (nSPS) is 19.6. The Bertz CT molecular complexity index is 450. The van der Waals surface area contributed by atoms with E-state index in [1.807, 2.05) is 36.1 Å². The number of hydrogen-bond donors (Lipinski definition) is 1. The van der Waals surface area contributed by atoms with Crippen molar-refractivity contribution in [2.75, 3.05) is 19.6 Å². The molecule has 1 aromatic carbocycles. The number of nitrogens with zero attached hydrogens (tertiary/aromatic N) is 1. The number of halogens is 1. The van der Waals surface area contributed by atoms with Gasteiger partial charge in [-0.15, -0.1) is 12.4 Å². The van der Waals surface area contributed by atoms with Crippen LogP contribution in [-0.2, 0) is 0 Å². The van der Waals surface area contributed by atoms with Gasteiger partial charge in [-0.1, -0.05) is 6.92 Å². The van der Waals surface area contributed by atoms with E-state index in [0.29, 0.717) is 6.04 Å². The zero-order valence-electron chi connectivity index (χ0n) is 13.0. The fraction of sp³-hybridized carbons (Fsp3) is 0.562. The highest BCUT2D eigenvalue weighted by atomic mass is 35.5. The second-order valence-electron chi connectivity index (χ2n) is 5.47. The molecule has 2 rings (SSSR count). The Kier molecular flexibility index (Phi) is 6.99. The molecule has 0 spiro atoms. The second-order valence-corrected chi connectivity index (χ2v) is 5.47. The quantitative estimate of drug-likeness (QED) is 0.929. The van der Waals surface area contributed by atoms with E-state index in [1.165, 1.54) is 0 Å². The molecule has 4 nitrogen and oxygen atoms in total. The van der Waals surface area contributed by atoms with Gasteiger partial charge in [0.2, 0.25) is 0 Å². The lowest BCUT2D eigenvalue weighted by Gasteiger charge is -2.32. The van der Waals surface area contributed by atoms with Crippen molar-refractivity contribution in [2.45, 2.75) is 39.3 Å². The van der Waals surface area contributed by atoms with Gasteiger partial charge >= 0.3 is 0 Å². The maximum absolute atomic E-state index is 12.4. The van der Waals surface area contributed by atoms with Gasteiger partial charge in [-0.05, 0) is 44.5 Å². The topological polar surface area (TPSA) is 41.6 Å². The first-order chi connectivity index (χ1) is 9.60. The minimum Gasteiger partial charge on any atom is -0.491 e. The molecule has 1 fully saturated rings. The number of carbonyl (C=O) groups is 1. The highest BCUT2D eigenvalue weighted by molar-refractivity contribution is 5.94. The summed E-state index contributed by atoms with van der Waals surface area (Å²) in [5.41, 5.74) is 0.732. The van der Waals surface area contributed by atoms with Crippen molar-refractivity contribution in [3.63, 3.8) is 0 Å². The molecule has 1 saturated heterocycles. The van der Waals surface area contributed by atoms with Crippen LogP contribution in [0.5, 0.6) is 5.75 Å².